The van der Waals surface area contributed by atoms with Gasteiger partial charge in [-0.25, -0.2) is 4.79 Å². The number of benzene rings is 2. The zero-order chi connectivity index (χ0) is 21.5. The monoisotopic (exact) mass is 417 g/mol. The van der Waals surface area contributed by atoms with Crippen molar-refractivity contribution in [3.05, 3.63) is 48.9 Å². The summed E-state index contributed by atoms with van der Waals surface area (Å²) in [5.74, 6) is 2.15. The molecule has 1 saturated heterocycles. The number of fused-ring (bicyclic) bond motifs is 1. The molecule has 2 amide bonds. The van der Waals surface area contributed by atoms with E-state index < -0.39 is 0 Å². The Morgan fingerprint density at radius 3 is 2.61 bits per heavy atom. The number of carbonyl (C=O) groups is 1. The average molecular weight is 417 g/mol. The third kappa shape index (κ3) is 3.27. The Morgan fingerprint density at radius 1 is 1.10 bits per heavy atom. The molecule has 31 heavy (non-hydrogen) atoms. The Hall–Kier alpha value is -3.88. The lowest BCUT2D eigenvalue weighted by Crippen LogP contribution is -2.28. The van der Waals surface area contributed by atoms with Crippen LogP contribution in [-0.4, -0.2) is 55.6 Å². The van der Waals surface area contributed by atoms with Crippen molar-refractivity contribution in [2.75, 3.05) is 25.0 Å². The highest BCUT2D eigenvalue weighted by Crippen LogP contribution is 2.35. The fourth-order valence-electron chi connectivity index (χ4n) is 3.91. The SMILES string of the molecule is CCn1cnnc1-c1cc(Oc2ccc(N3CCN(C)C3=O)cc2)c2c(cnn2C)c1. The predicted octanol–water partition coefficient (Wildman–Crippen LogP) is 3.52. The minimum absolute atomic E-state index is 0.0120. The number of amides is 2. The maximum Gasteiger partial charge on any atom is 0.324 e. The normalized spacial score (nSPS) is 14.1. The first-order chi connectivity index (χ1) is 15.0. The van der Waals surface area contributed by atoms with Gasteiger partial charge in [-0.2, -0.15) is 5.10 Å². The van der Waals surface area contributed by atoms with Crippen molar-refractivity contribution in [1.29, 1.82) is 0 Å². The van der Waals surface area contributed by atoms with Gasteiger partial charge in [0.1, 0.15) is 17.6 Å². The van der Waals surface area contributed by atoms with Crippen LogP contribution in [0, 0.1) is 0 Å². The molecule has 2 aromatic carbocycles. The molecule has 0 spiro atoms. The van der Waals surface area contributed by atoms with Crippen LogP contribution in [0.25, 0.3) is 22.3 Å². The first-order valence-corrected chi connectivity index (χ1v) is 10.2. The molecular weight excluding hydrogens is 394 g/mol. The highest BCUT2D eigenvalue weighted by molar-refractivity contribution is 5.94. The summed E-state index contributed by atoms with van der Waals surface area (Å²) in [6, 6.07) is 11.6. The molecule has 158 valence electrons. The molecule has 0 bridgehead atoms. The Bertz CT molecular complexity index is 1260. The Kier molecular flexibility index (Phi) is 4.58. The van der Waals surface area contributed by atoms with E-state index in [-0.39, 0.29) is 6.03 Å². The number of carbonyl (C=O) groups excluding carboxylic acids is 1. The van der Waals surface area contributed by atoms with Crippen molar-refractivity contribution in [2.24, 2.45) is 7.05 Å². The molecule has 4 aromatic rings. The molecule has 0 unspecified atom stereocenters. The summed E-state index contributed by atoms with van der Waals surface area (Å²) in [4.78, 5) is 15.7. The number of aromatic nitrogens is 5. The summed E-state index contributed by atoms with van der Waals surface area (Å²) in [6.07, 6.45) is 3.54. The number of likely N-dealkylation sites (N-methyl/N-ethyl adjacent to an activating group) is 1. The van der Waals surface area contributed by atoms with Crippen molar-refractivity contribution in [1.82, 2.24) is 29.4 Å². The van der Waals surface area contributed by atoms with Crippen LogP contribution in [0.15, 0.2) is 48.9 Å². The number of aryl methyl sites for hydroxylation is 2. The molecule has 9 nitrogen and oxygen atoms in total. The average Bonchev–Trinajstić information content (AvgIpc) is 3.49. The van der Waals surface area contributed by atoms with Gasteiger partial charge in [0.15, 0.2) is 11.6 Å². The van der Waals surface area contributed by atoms with Gasteiger partial charge in [-0.1, -0.05) is 0 Å². The van der Waals surface area contributed by atoms with Crippen LogP contribution < -0.4 is 9.64 Å². The second kappa shape index (κ2) is 7.42. The van der Waals surface area contributed by atoms with E-state index in [2.05, 4.69) is 22.2 Å². The van der Waals surface area contributed by atoms with E-state index in [1.165, 1.54) is 0 Å². The Labute approximate surface area is 179 Å². The number of hydrogen-bond donors (Lipinski definition) is 0. The molecule has 0 atom stereocenters. The minimum atomic E-state index is 0.0120. The minimum Gasteiger partial charge on any atom is -0.455 e. The van der Waals surface area contributed by atoms with Crippen molar-refractivity contribution >= 4 is 22.6 Å². The smallest absolute Gasteiger partial charge is 0.324 e. The summed E-state index contributed by atoms with van der Waals surface area (Å²) in [5.41, 5.74) is 2.67. The molecule has 0 saturated carbocycles. The third-order valence-corrected chi connectivity index (χ3v) is 5.61. The van der Waals surface area contributed by atoms with Crippen molar-refractivity contribution < 1.29 is 9.53 Å². The van der Waals surface area contributed by atoms with Gasteiger partial charge in [0.2, 0.25) is 0 Å². The molecular formula is C22H23N7O2. The quantitative estimate of drug-likeness (QED) is 0.496. The molecule has 3 heterocycles. The van der Waals surface area contributed by atoms with E-state index in [4.69, 9.17) is 4.74 Å². The fourth-order valence-corrected chi connectivity index (χ4v) is 3.91. The van der Waals surface area contributed by atoms with Crippen LogP contribution in [0.4, 0.5) is 10.5 Å². The van der Waals surface area contributed by atoms with E-state index in [0.29, 0.717) is 18.0 Å². The molecule has 9 heteroatoms. The first kappa shape index (κ1) is 19.1. The molecule has 0 radical (unpaired) electrons. The lowest BCUT2D eigenvalue weighted by Gasteiger charge is -2.16. The lowest BCUT2D eigenvalue weighted by atomic mass is 10.1. The molecule has 1 aliphatic heterocycles. The van der Waals surface area contributed by atoms with Gasteiger partial charge < -0.3 is 14.2 Å². The summed E-state index contributed by atoms with van der Waals surface area (Å²) in [5, 5.41) is 13.7. The number of ether oxygens (including phenoxy) is 1. The molecule has 0 aliphatic carbocycles. The van der Waals surface area contributed by atoms with E-state index in [1.807, 2.05) is 61.3 Å². The second-order valence-corrected chi connectivity index (χ2v) is 7.57. The van der Waals surface area contributed by atoms with Gasteiger partial charge in [0.05, 0.1) is 6.20 Å². The number of hydrogen-bond acceptors (Lipinski definition) is 5. The van der Waals surface area contributed by atoms with Crippen molar-refractivity contribution in [2.45, 2.75) is 13.5 Å². The van der Waals surface area contributed by atoms with E-state index in [0.717, 1.165) is 41.1 Å². The Balaban J connectivity index is 1.50. The van der Waals surface area contributed by atoms with Gasteiger partial charge in [0.25, 0.3) is 0 Å². The molecule has 1 aliphatic rings. The van der Waals surface area contributed by atoms with Crippen LogP contribution >= 0.6 is 0 Å². The van der Waals surface area contributed by atoms with Crippen molar-refractivity contribution in [3.8, 4) is 22.9 Å². The first-order valence-electron chi connectivity index (χ1n) is 10.2. The van der Waals surface area contributed by atoms with Crippen LogP contribution in [0.1, 0.15) is 6.92 Å². The van der Waals surface area contributed by atoms with Crippen molar-refractivity contribution in [3.63, 3.8) is 0 Å². The summed E-state index contributed by atoms with van der Waals surface area (Å²) in [6.45, 7) is 4.24. The van der Waals surface area contributed by atoms with Crippen LogP contribution in [0.5, 0.6) is 11.5 Å². The summed E-state index contributed by atoms with van der Waals surface area (Å²) < 4.78 is 10.1. The largest absolute Gasteiger partial charge is 0.455 e. The van der Waals surface area contributed by atoms with Gasteiger partial charge in [-0.05, 0) is 43.3 Å². The van der Waals surface area contributed by atoms with E-state index >= 15 is 0 Å². The molecule has 0 N–H and O–H groups in total. The summed E-state index contributed by atoms with van der Waals surface area (Å²) in [7, 11) is 3.70. The van der Waals surface area contributed by atoms with Crippen LogP contribution in [0.3, 0.4) is 0 Å². The second-order valence-electron chi connectivity index (χ2n) is 7.57. The van der Waals surface area contributed by atoms with E-state index in [9.17, 15) is 4.79 Å². The standard InChI is InChI=1S/C22H23N7O2/c1-4-28-14-23-25-21(28)15-11-16-13-24-27(3)20(16)19(12-15)31-18-7-5-17(6-8-18)29-10-9-26(2)22(29)30/h5-8,11-14H,4,9-10H2,1-3H3. The van der Waals surface area contributed by atoms with Gasteiger partial charge in [-0.15, -0.1) is 10.2 Å². The highest BCUT2D eigenvalue weighted by atomic mass is 16.5. The highest BCUT2D eigenvalue weighted by Gasteiger charge is 2.26. The van der Waals surface area contributed by atoms with Crippen LogP contribution in [-0.2, 0) is 13.6 Å². The van der Waals surface area contributed by atoms with Gasteiger partial charge in [-0.3, -0.25) is 9.58 Å². The number of nitrogens with zero attached hydrogens (tertiary/aromatic N) is 7. The molecule has 5 rings (SSSR count). The lowest BCUT2D eigenvalue weighted by molar-refractivity contribution is 0.229. The van der Waals surface area contributed by atoms with Gasteiger partial charge >= 0.3 is 6.03 Å². The number of urea groups is 1. The molecule has 1 fully saturated rings. The number of rotatable bonds is 5. The zero-order valence-corrected chi connectivity index (χ0v) is 17.7. The maximum atomic E-state index is 12.2. The van der Waals surface area contributed by atoms with E-state index in [1.54, 1.807) is 20.8 Å². The molecule has 2 aromatic heterocycles. The number of anilines is 1. The predicted molar refractivity (Wildman–Crippen MR) is 117 cm³/mol. The zero-order valence-electron chi connectivity index (χ0n) is 17.7. The topological polar surface area (TPSA) is 81.3 Å². The van der Waals surface area contributed by atoms with Gasteiger partial charge in [0, 0.05) is 50.4 Å². The Morgan fingerprint density at radius 2 is 1.90 bits per heavy atom. The third-order valence-electron chi connectivity index (χ3n) is 5.61. The maximum absolute atomic E-state index is 12.2. The fraction of sp³-hybridized carbons (Fsp3) is 0.273. The van der Waals surface area contributed by atoms with Crippen LogP contribution in [0.2, 0.25) is 0 Å². The summed E-state index contributed by atoms with van der Waals surface area (Å²) >= 11 is 0.